The average Bonchev–Trinajstić information content (AvgIpc) is 2.16. The zero-order valence-electron chi connectivity index (χ0n) is 8.01. The summed E-state index contributed by atoms with van der Waals surface area (Å²) in [6, 6.07) is 2.05. The van der Waals surface area contributed by atoms with Crippen LogP contribution >= 0.6 is 0 Å². The van der Waals surface area contributed by atoms with Crippen LogP contribution in [0.15, 0.2) is 18.3 Å². The van der Waals surface area contributed by atoms with Crippen molar-refractivity contribution in [2.75, 3.05) is 0 Å². The lowest BCUT2D eigenvalue weighted by atomic mass is 10.2. The van der Waals surface area contributed by atoms with Crippen molar-refractivity contribution in [3.63, 3.8) is 0 Å². The van der Waals surface area contributed by atoms with Crippen molar-refractivity contribution in [2.24, 2.45) is 5.73 Å². The molecule has 1 aromatic rings. The maximum Gasteiger partial charge on any atom is 0.419 e. The van der Waals surface area contributed by atoms with Crippen molar-refractivity contribution >= 4 is 5.91 Å². The normalized spacial score (nSPS) is 10.4. The second-order valence-electron chi connectivity index (χ2n) is 2.84. The fraction of sp³-hybridized carbons (Fsp3) is 0.200. The van der Waals surface area contributed by atoms with Crippen LogP contribution in [0.3, 0.4) is 0 Å². The predicted octanol–water partition coefficient (Wildman–Crippen LogP) is 1.33. The van der Waals surface area contributed by atoms with Crippen molar-refractivity contribution in [3.8, 4) is 11.8 Å². The molecule has 1 aromatic heterocycles. The van der Waals surface area contributed by atoms with E-state index in [9.17, 15) is 18.0 Å². The van der Waals surface area contributed by atoms with E-state index in [2.05, 4.69) is 16.8 Å². The van der Waals surface area contributed by atoms with Gasteiger partial charge in [-0.3, -0.25) is 4.79 Å². The summed E-state index contributed by atoms with van der Waals surface area (Å²) in [5.74, 6) is 3.70. The lowest BCUT2D eigenvalue weighted by Gasteiger charge is -2.06. The van der Waals surface area contributed by atoms with Gasteiger partial charge in [-0.15, -0.1) is 0 Å². The Bertz CT molecular complexity index is 457. The molecule has 0 unspecified atom stereocenters. The van der Waals surface area contributed by atoms with Gasteiger partial charge in [0.15, 0.2) is 0 Å². The topological polar surface area (TPSA) is 56.0 Å². The highest BCUT2D eigenvalue weighted by Gasteiger charge is 2.33. The van der Waals surface area contributed by atoms with Gasteiger partial charge in [-0.05, 0) is 18.1 Å². The largest absolute Gasteiger partial charge is 0.419 e. The van der Waals surface area contributed by atoms with Crippen molar-refractivity contribution in [3.05, 3.63) is 29.6 Å². The van der Waals surface area contributed by atoms with Gasteiger partial charge in [-0.1, -0.05) is 5.92 Å². The highest BCUT2D eigenvalue weighted by molar-refractivity contribution is 5.76. The lowest BCUT2D eigenvalue weighted by Crippen LogP contribution is -2.10. The fourth-order valence-corrected chi connectivity index (χ4v) is 0.949. The van der Waals surface area contributed by atoms with E-state index < -0.39 is 23.3 Å². The summed E-state index contributed by atoms with van der Waals surface area (Å²) >= 11 is 0. The minimum atomic E-state index is -4.51. The number of primary amides is 1. The van der Waals surface area contributed by atoms with Gasteiger partial charge < -0.3 is 5.73 Å². The Morgan fingerprint density at radius 3 is 2.75 bits per heavy atom. The first-order valence-corrected chi connectivity index (χ1v) is 4.20. The number of nitrogens with zero attached hydrogens (tertiary/aromatic N) is 1. The van der Waals surface area contributed by atoms with Crippen molar-refractivity contribution < 1.29 is 18.0 Å². The van der Waals surface area contributed by atoms with Gasteiger partial charge in [-0.2, -0.15) is 13.2 Å². The van der Waals surface area contributed by atoms with Crippen LogP contribution in [0, 0.1) is 11.8 Å². The van der Waals surface area contributed by atoms with Crippen molar-refractivity contribution in [1.29, 1.82) is 0 Å². The Kier molecular flexibility index (Phi) is 3.51. The number of halogens is 3. The van der Waals surface area contributed by atoms with Gasteiger partial charge in [0.05, 0.1) is 12.0 Å². The second kappa shape index (κ2) is 4.66. The Labute approximate surface area is 89.5 Å². The summed E-state index contributed by atoms with van der Waals surface area (Å²) in [5.41, 5.74) is 3.47. The Balaban J connectivity index is 3.03. The van der Waals surface area contributed by atoms with Crippen molar-refractivity contribution in [1.82, 2.24) is 4.98 Å². The minimum absolute atomic E-state index is 0.298. The van der Waals surface area contributed by atoms with Gasteiger partial charge in [0.25, 0.3) is 0 Å². The molecule has 0 saturated carbocycles. The van der Waals surface area contributed by atoms with Crippen LogP contribution in [0.25, 0.3) is 0 Å². The quantitative estimate of drug-likeness (QED) is 0.737. The molecule has 0 saturated heterocycles. The molecular weight excluding hydrogens is 221 g/mol. The van der Waals surface area contributed by atoms with Gasteiger partial charge >= 0.3 is 6.18 Å². The molecule has 0 aliphatic heterocycles. The number of hydrogen-bond donors (Lipinski definition) is 1. The van der Waals surface area contributed by atoms with Crippen LogP contribution < -0.4 is 5.73 Å². The number of rotatable bonds is 1. The molecule has 0 bridgehead atoms. The number of carbonyl (C=O) groups is 1. The van der Waals surface area contributed by atoms with Crippen LogP contribution in [-0.2, 0) is 11.0 Å². The second-order valence-corrected chi connectivity index (χ2v) is 2.84. The molecule has 0 fully saturated rings. The molecule has 0 aliphatic rings. The fourth-order valence-electron chi connectivity index (χ4n) is 0.949. The molecule has 0 radical (unpaired) electrons. The first kappa shape index (κ1) is 12.0. The molecule has 1 rings (SSSR count). The summed E-state index contributed by atoms with van der Waals surface area (Å²) in [7, 11) is 0. The van der Waals surface area contributed by atoms with Gasteiger partial charge in [0, 0.05) is 6.20 Å². The monoisotopic (exact) mass is 228 g/mol. The van der Waals surface area contributed by atoms with Gasteiger partial charge in [-0.25, -0.2) is 4.98 Å². The van der Waals surface area contributed by atoms with E-state index in [1.165, 1.54) is 12.3 Å². The molecule has 0 spiro atoms. The van der Waals surface area contributed by atoms with E-state index in [1.54, 1.807) is 0 Å². The molecule has 0 atom stereocenters. The Hall–Kier alpha value is -2.03. The zero-order valence-corrected chi connectivity index (χ0v) is 8.01. The third-order valence-electron chi connectivity index (χ3n) is 1.58. The summed E-state index contributed by atoms with van der Waals surface area (Å²) in [5, 5.41) is 0. The minimum Gasteiger partial charge on any atom is -0.369 e. The highest BCUT2D eigenvalue weighted by Crippen LogP contribution is 2.30. The summed E-state index contributed by atoms with van der Waals surface area (Å²) in [4.78, 5) is 13.8. The third-order valence-corrected chi connectivity index (χ3v) is 1.58. The molecule has 84 valence electrons. The summed E-state index contributed by atoms with van der Waals surface area (Å²) < 4.78 is 37.3. The number of amides is 1. The molecule has 2 N–H and O–H groups in total. The van der Waals surface area contributed by atoms with Gasteiger partial charge in [0.2, 0.25) is 5.91 Å². The van der Waals surface area contributed by atoms with E-state index in [1.807, 2.05) is 0 Å². The van der Waals surface area contributed by atoms with E-state index >= 15 is 0 Å². The average molecular weight is 228 g/mol. The lowest BCUT2D eigenvalue weighted by molar-refractivity contribution is -0.138. The first-order valence-electron chi connectivity index (χ1n) is 4.20. The van der Waals surface area contributed by atoms with Gasteiger partial charge in [0.1, 0.15) is 5.69 Å². The van der Waals surface area contributed by atoms with Crippen LogP contribution in [0.5, 0.6) is 0 Å². The predicted molar refractivity (Wildman–Crippen MR) is 49.9 cm³/mol. The highest BCUT2D eigenvalue weighted by atomic mass is 19.4. The molecule has 3 nitrogen and oxygen atoms in total. The number of alkyl halides is 3. The van der Waals surface area contributed by atoms with E-state index in [-0.39, 0.29) is 6.42 Å². The Morgan fingerprint density at radius 1 is 1.50 bits per heavy atom. The van der Waals surface area contributed by atoms with E-state index in [0.717, 1.165) is 6.07 Å². The van der Waals surface area contributed by atoms with Crippen LogP contribution in [-0.4, -0.2) is 10.9 Å². The number of hydrogen-bond acceptors (Lipinski definition) is 2. The smallest absolute Gasteiger partial charge is 0.369 e. The number of aromatic nitrogens is 1. The molecule has 0 aromatic carbocycles. The maximum absolute atomic E-state index is 12.4. The molecule has 6 heteroatoms. The number of carbonyl (C=O) groups excluding carboxylic acids is 1. The van der Waals surface area contributed by atoms with E-state index in [0.29, 0.717) is 0 Å². The molecular formula is C10H7F3N2O. The van der Waals surface area contributed by atoms with Crippen molar-refractivity contribution in [2.45, 2.75) is 12.6 Å². The summed E-state index contributed by atoms with van der Waals surface area (Å²) in [6.07, 6.45) is -3.61. The standard InChI is InChI=1S/C10H7F3N2O/c11-10(12,13)7-3-2-6-15-8(7)4-1-5-9(14)16/h2-3,6H,5H2,(H2,14,16). The molecule has 1 amide bonds. The van der Waals surface area contributed by atoms with Crippen LogP contribution in [0.2, 0.25) is 0 Å². The summed E-state index contributed by atoms with van der Waals surface area (Å²) in [6.45, 7) is 0. The molecule has 0 aliphatic carbocycles. The van der Waals surface area contributed by atoms with Crippen LogP contribution in [0.4, 0.5) is 13.2 Å². The SMILES string of the molecule is NC(=O)CC#Cc1ncccc1C(F)(F)F. The molecule has 16 heavy (non-hydrogen) atoms. The maximum atomic E-state index is 12.4. The number of nitrogens with two attached hydrogens (primary N) is 1. The first-order chi connectivity index (χ1) is 7.41. The third kappa shape index (κ3) is 3.28. The van der Waals surface area contributed by atoms with Crippen LogP contribution in [0.1, 0.15) is 17.7 Å². The zero-order chi connectivity index (χ0) is 12.2. The number of pyridine rings is 1. The Morgan fingerprint density at radius 2 is 2.19 bits per heavy atom. The molecule has 1 heterocycles. The van der Waals surface area contributed by atoms with E-state index in [4.69, 9.17) is 5.73 Å².